The second-order valence-electron chi connectivity index (χ2n) is 2.92. The molecule has 0 nitrogen and oxygen atoms in total. The summed E-state index contributed by atoms with van der Waals surface area (Å²) >= 11 is 0. The van der Waals surface area contributed by atoms with Crippen molar-refractivity contribution in [1.82, 2.24) is 0 Å². The Hall–Kier alpha value is -1.63. The van der Waals surface area contributed by atoms with Gasteiger partial charge in [-0.3, -0.25) is 0 Å². The molecule has 0 amide bonds. The molecule has 0 fully saturated rings. The minimum Gasteiger partial charge on any atom is -0.207 e. The topological polar surface area (TPSA) is 0 Å². The van der Waals surface area contributed by atoms with Gasteiger partial charge in [0.05, 0.1) is 0 Å². The number of hydrogen-bond acceptors (Lipinski definition) is 0. The summed E-state index contributed by atoms with van der Waals surface area (Å²) in [5.74, 6) is -0.200. The molecule has 0 heterocycles. The van der Waals surface area contributed by atoms with Gasteiger partial charge in [-0.05, 0) is 28.5 Å². The summed E-state index contributed by atoms with van der Waals surface area (Å²) < 4.78 is 12.8. The van der Waals surface area contributed by atoms with Crippen molar-refractivity contribution in [2.45, 2.75) is 0 Å². The Labute approximate surface area is 76.3 Å². The lowest BCUT2D eigenvalue weighted by Gasteiger charge is -2.01. The number of hydrogen-bond donors (Lipinski definition) is 0. The van der Waals surface area contributed by atoms with Crippen LogP contribution in [-0.4, -0.2) is 0 Å². The molecule has 0 N–H and O–H groups in total. The van der Waals surface area contributed by atoms with Crippen LogP contribution in [0.25, 0.3) is 16.8 Å². The lowest BCUT2D eigenvalue weighted by atomic mass is 10.0. The Morgan fingerprint density at radius 1 is 1.15 bits per heavy atom. The first-order valence-corrected chi connectivity index (χ1v) is 4.12. The van der Waals surface area contributed by atoms with Crippen LogP contribution < -0.4 is 0 Å². The third kappa shape index (κ3) is 1.33. The molecule has 0 aliphatic carbocycles. The van der Waals surface area contributed by atoms with Crippen LogP contribution in [0.15, 0.2) is 43.0 Å². The Bertz CT molecular complexity index is 458. The van der Waals surface area contributed by atoms with Gasteiger partial charge in [0.2, 0.25) is 0 Å². The van der Waals surface area contributed by atoms with E-state index in [4.69, 9.17) is 0 Å². The predicted octanol–water partition coefficient (Wildman–Crippen LogP) is 3.62. The van der Waals surface area contributed by atoms with Crippen LogP contribution >= 0.6 is 0 Å². The van der Waals surface area contributed by atoms with Gasteiger partial charge in [0.15, 0.2) is 0 Å². The lowest BCUT2D eigenvalue weighted by Crippen LogP contribution is -1.79. The average molecular weight is 172 g/mol. The van der Waals surface area contributed by atoms with Crippen LogP contribution in [0.4, 0.5) is 4.39 Å². The highest BCUT2D eigenvalue weighted by Gasteiger charge is 1.97. The fraction of sp³-hybridized carbons (Fsp3) is 0. The molecular weight excluding hydrogens is 163 g/mol. The predicted molar refractivity (Wildman–Crippen MR) is 54.0 cm³/mol. The van der Waals surface area contributed by atoms with Crippen molar-refractivity contribution in [3.05, 3.63) is 54.4 Å². The van der Waals surface area contributed by atoms with Crippen molar-refractivity contribution < 1.29 is 4.39 Å². The second kappa shape index (κ2) is 3.02. The monoisotopic (exact) mass is 172 g/mol. The molecular formula is C12H9F. The molecule has 2 rings (SSSR count). The zero-order valence-electron chi connectivity index (χ0n) is 7.13. The van der Waals surface area contributed by atoms with E-state index < -0.39 is 0 Å². The zero-order valence-corrected chi connectivity index (χ0v) is 7.13. The van der Waals surface area contributed by atoms with Crippen LogP contribution in [0.1, 0.15) is 5.56 Å². The van der Waals surface area contributed by atoms with E-state index >= 15 is 0 Å². The highest BCUT2D eigenvalue weighted by Crippen LogP contribution is 2.20. The third-order valence-corrected chi connectivity index (χ3v) is 2.10. The van der Waals surface area contributed by atoms with E-state index in [1.54, 1.807) is 12.1 Å². The number of rotatable bonds is 1. The molecule has 0 saturated carbocycles. The van der Waals surface area contributed by atoms with Crippen molar-refractivity contribution >= 4 is 16.8 Å². The first-order chi connectivity index (χ1) is 6.31. The molecule has 13 heavy (non-hydrogen) atoms. The smallest absolute Gasteiger partial charge is 0.123 e. The third-order valence-electron chi connectivity index (χ3n) is 2.10. The molecule has 0 aromatic heterocycles. The summed E-state index contributed by atoms with van der Waals surface area (Å²) in [4.78, 5) is 0. The summed E-state index contributed by atoms with van der Waals surface area (Å²) in [5, 5.41) is 1.95. The highest BCUT2D eigenvalue weighted by atomic mass is 19.1. The molecule has 2 aromatic rings. The zero-order chi connectivity index (χ0) is 9.26. The Balaban J connectivity index is 2.84. The van der Waals surface area contributed by atoms with E-state index in [2.05, 4.69) is 6.58 Å². The average Bonchev–Trinajstić information content (AvgIpc) is 2.16. The normalized spacial score (nSPS) is 10.2. The van der Waals surface area contributed by atoms with Crippen molar-refractivity contribution in [2.24, 2.45) is 0 Å². The summed E-state index contributed by atoms with van der Waals surface area (Å²) in [6.45, 7) is 3.71. The van der Waals surface area contributed by atoms with Crippen molar-refractivity contribution in [3.8, 4) is 0 Å². The molecule has 0 radical (unpaired) electrons. The molecule has 2 aromatic carbocycles. The lowest BCUT2D eigenvalue weighted by molar-refractivity contribution is 0.630. The molecule has 0 aliphatic rings. The molecule has 64 valence electrons. The number of benzene rings is 2. The summed E-state index contributed by atoms with van der Waals surface area (Å²) in [7, 11) is 0. The number of halogens is 1. The van der Waals surface area contributed by atoms with Gasteiger partial charge in [-0.2, -0.15) is 0 Å². The van der Waals surface area contributed by atoms with Crippen LogP contribution in [0.2, 0.25) is 0 Å². The van der Waals surface area contributed by atoms with Crippen LogP contribution in [0.5, 0.6) is 0 Å². The number of fused-ring (bicyclic) bond motifs is 1. The van der Waals surface area contributed by atoms with Gasteiger partial charge in [-0.1, -0.05) is 36.9 Å². The minimum absolute atomic E-state index is 0.200. The van der Waals surface area contributed by atoms with Crippen molar-refractivity contribution in [3.63, 3.8) is 0 Å². The largest absolute Gasteiger partial charge is 0.207 e. The maximum atomic E-state index is 12.8. The van der Waals surface area contributed by atoms with Crippen LogP contribution in [0.3, 0.4) is 0 Å². The van der Waals surface area contributed by atoms with Gasteiger partial charge < -0.3 is 0 Å². The minimum atomic E-state index is -0.200. The van der Waals surface area contributed by atoms with E-state index in [0.29, 0.717) is 0 Å². The van der Waals surface area contributed by atoms with E-state index in [9.17, 15) is 4.39 Å². The fourth-order valence-electron chi connectivity index (χ4n) is 1.46. The molecule has 0 spiro atoms. The van der Waals surface area contributed by atoms with Gasteiger partial charge in [-0.15, -0.1) is 0 Å². The molecule has 0 atom stereocenters. The summed E-state index contributed by atoms with van der Waals surface area (Å²) in [6.07, 6.45) is 1.78. The first kappa shape index (κ1) is 7.99. The molecule has 0 aliphatic heterocycles. The Kier molecular flexibility index (Phi) is 1.85. The van der Waals surface area contributed by atoms with E-state index in [1.807, 2.05) is 18.2 Å². The fourth-order valence-corrected chi connectivity index (χ4v) is 1.46. The van der Waals surface area contributed by atoms with Crippen LogP contribution in [0, 0.1) is 5.82 Å². The van der Waals surface area contributed by atoms with Gasteiger partial charge in [-0.25, -0.2) is 4.39 Å². The maximum Gasteiger partial charge on any atom is 0.123 e. The van der Waals surface area contributed by atoms with E-state index in [1.165, 1.54) is 12.1 Å². The standard InChI is InChI=1S/C12H9F/c1-2-9-4-3-5-10-8-11(13)6-7-12(9)10/h2-8H,1H2. The molecule has 0 saturated heterocycles. The van der Waals surface area contributed by atoms with E-state index in [0.717, 1.165) is 16.3 Å². The van der Waals surface area contributed by atoms with Gasteiger partial charge in [0.25, 0.3) is 0 Å². The summed E-state index contributed by atoms with van der Waals surface area (Å²) in [5.41, 5.74) is 1.04. The first-order valence-electron chi connectivity index (χ1n) is 4.12. The van der Waals surface area contributed by atoms with E-state index in [-0.39, 0.29) is 5.82 Å². The Morgan fingerprint density at radius 2 is 2.00 bits per heavy atom. The molecule has 1 heteroatoms. The maximum absolute atomic E-state index is 12.8. The highest BCUT2D eigenvalue weighted by molar-refractivity contribution is 5.90. The van der Waals surface area contributed by atoms with Crippen LogP contribution in [-0.2, 0) is 0 Å². The van der Waals surface area contributed by atoms with Crippen molar-refractivity contribution in [2.75, 3.05) is 0 Å². The Morgan fingerprint density at radius 3 is 2.77 bits per heavy atom. The van der Waals surface area contributed by atoms with Gasteiger partial charge >= 0.3 is 0 Å². The van der Waals surface area contributed by atoms with Crippen molar-refractivity contribution in [1.29, 1.82) is 0 Å². The van der Waals surface area contributed by atoms with Gasteiger partial charge in [0, 0.05) is 0 Å². The molecule has 0 unspecified atom stereocenters. The molecule has 0 bridgehead atoms. The summed E-state index contributed by atoms with van der Waals surface area (Å²) in [6, 6.07) is 10.5. The SMILES string of the molecule is C=Cc1cccc2cc(F)ccc12. The quantitative estimate of drug-likeness (QED) is 0.616. The second-order valence-corrected chi connectivity index (χ2v) is 2.92. The van der Waals surface area contributed by atoms with Gasteiger partial charge in [0.1, 0.15) is 5.82 Å².